The van der Waals surface area contributed by atoms with Gasteiger partial charge in [-0.05, 0) is 57.1 Å². The largest absolute Gasteiger partial charge is 0.496 e. The van der Waals surface area contributed by atoms with Crippen molar-refractivity contribution in [2.24, 2.45) is 0 Å². The van der Waals surface area contributed by atoms with Crippen molar-refractivity contribution in [2.45, 2.75) is 65.6 Å². The zero-order chi connectivity index (χ0) is 25.7. The van der Waals surface area contributed by atoms with Gasteiger partial charge in [0.15, 0.2) is 0 Å². The first-order valence-electron chi connectivity index (χ1n) is 11.6. The molecule has 0 saturated carbocycles. The number of nitrogens with one attached hydrogen (secondary N) is 1. The van der Waals surface area contributed by atoms with E-state index in [4.69, 9.17) is 16.3 Å². The van der Waals surface area contributed by atoms with Gasteiger partial charge in [0, 0.05) is 28.4 Å². The third-order valence-electron chi connectivity index (χ3n) is 5.32. The SMILES string of the molecule is C=C(/C=C\C(=C/C)NC(=O)c1cc(Cl)cc(CN2CCCCC2)c1OC)C(F)(F)F.CCCC. The summed E-state index contributed by atoms with van der Waals surface area (Å²) in [4.78, 5) is 15.1. The Bertz CT molecular complexity index is 872. The molecule has 1 fully saturated rings. The molecule has 1 aromatic rings. The van der Waals surface area contributed by atoms with Gasteiger partial charge in [-0.3, -0.25) is 9.69 Å². The van der Waals surface area contributed by atoms with Gasteiger partial charge in [-0.25, -0.2) is 0 Å². The maximum Gasteiger partial charge on any atom is 0.415 e. The van der Waals surface area contributed by atoms with Gasteiger partial charge in [0.25, 0.3) is 5.91 Å². The summed E-state index contributed by atoms with van der Waals surface area (Å²) in [7, 11) is 1.48. The Morgan fingerprint density at radius 2 is 1.79 bits per heavy atom. The van der Waals surface area contributed by atoms with Crippen LogP contribution in [0.2, 0.25) is 5.02 Å². The summed E-state index contributed by atoms with van der Waals surface area (Å²) < 4.78 is 43.4. The third kappa shape index (κ3) is 9.94. The highest BCUT2D eigenvalue weighted by Crippen LogP contribution is 2.30. The van der Waals surface area contributed by atoms with E-state index < -0.39 is 17.7 Å². The summed E-state index contributed by atoms with van der Waals surface area (Å²) in [5.74, 6) is -0.119. The average molecular weight is 501 g/mol. The van der Waals surface area contributed by atoms with Crippen LogP contribution in [0.4, 0.5) is 13.2 Å². The summed E-state index contributed by atoms with van der Waals surface area (Å²) in [5, 5.41) is 2.98. The zero-order valence-electron chi connectivity index (χ0n) is 20.5. The molecule has 4 nitrogen and oxygen atoms in total. The van der Waals surface area contributed by atoms with Crippen molar-refractivity contribution in [1.29, 1.82) is 0 Å². The monoisotopic (exact) mass is 500 g/mol. The van der Waals surface area contributed by atoms with Crippen molar-refractivity contribution >= 4 is 17.5 Å². The molecule has 0 aromatic heterocycles. The van der Waals surface area contributed by atoms with Crippen LogP contribution in [-0.2, 0) is 6.54 Å². The van der Waals surface area contributed by atoms with Crippen molar-refractivity contribution in [3.05, 3.63) is 64.4 Å². The molecule has 1 heterocycles. The Hall–Kier alpha value is -2.25. The number of ether oxygens (including phenoxy) is 1. The number of hydrogen-bond donors (Lipinski definition) is 1. The van der Waals surface area contributed by atoms with E-state index in [1.807, 2.05) is 0 Å². The summed E-state index contributed by atoms with van der Waals surface area (Å²) in [6.07, 6.45) is 5.01. The highest BCUT2D eigenvalue weighted by atomic mass is 35.5. The number of carbonyl (C=O) groups is 1. The molecule has 1 aliphatic heterocycles. The van der Waals surface area contributed by atoms with E-state index in [2.05, 4.69) is 30.6 Å². The lowest BCUT2D eigenvalue weighted by atomic mass is 10.0. The molecule has 0 spiro atoms. The van der Waals surface area contributed by atoms with Gasteiger partial charge in [-0.1, -0.05) is 57.4 Å². The van der Waals surface area contributed by atoms with Gasteiger partial charge in [-0.15, -0.1) is 0 Å². The fraction of sp³-hybridized carbons (Fsp3) is 0.500. The van der Waals surface area contributed by atoms with Gasteiger partial charge in [0.05, 0.1) is 12.7 Å². The molecule has 0 radical (unpaired) electrons. The van der Waals surface area contributed by atoms with Crippen LogP contribution in [0.25, 0.3) is 0 Å². The van der Waals surface area contributed by atoms with E-state index >= 15 is 0 Å². The number of allylic oxidation sites excluding steroid dienone is 4. The van der Waals surface area contributed by atoms with Crippen molar-refractivity contribution in [3.63, 3.8) is 0 Å². The van der Waals surface area contributed by atoms with E-state index in [0.29, 0.717) is 17.3 Å². The molecule has 0 aliphatic carbocycles. The number of piperidine rings is 1. The van der Waals surface area contributed by atoms with E-state index in [9.17, 15) is 18.0 Å². The van der Waals surface area contributed by atoms with Crippen LogP contribution in [0.3, 0.4) is 0 Å². The topological polar surface area (TPSA) is 41.6 Å². The van der Waals surface area contributed by atoms with E-state index in [-0.39, 0.29) is 11.3 Å². The molecule has 1 aromatic carbocycles. The molecule has 190 valence electrons. The normalized spacial score (nSPS) is 15.0. The Kier molecular flexibility index (Phi) is 13.0. The summed E-state index contributed by atoms with van der Waals surface area (Å²) in [5.41, 5.74) is 0.199. The minimum absolute atomic E-state index is 0.199. The predicted octanol–water partition coefficient (Wildman–Crippen LogP) is 7.45. The van der Waals surface area contributed by atoms with Crippen LogP contribution in [-0.4, -0.2) is 37.2 Å². The lowest BCUT2D eigenvalue weighted by Crippen LogP contribution is -2.29. The van der Waals surface area contributed by atoms with Crippen LogP contribution < -0.4 is 10.1 Å². The lowest BCUT2D eigenvalue weighted by Gasteiger charge is -2.27. The number of carbonyl (C=O) groups excluding carboxylic acids is 1. The second-order valence-corrected chi connectivity index (χ2v) is 8.47. The summed E-state index contributed by atoms with van der Waals surface area (Å²) in [6, 6.07) is 3.26. The third-order valence-corrected chi connectivity index (χ3v) is 5.54. The van der Waals surface area contributed by atoms with Gasteiger partial charge in [0.1, 0.15) is 5.75 Å². The molecular formula is C26H36ClF3N2O2. The predicted molar refractivity (Wildman–Crippen MR) is 133 cm³/mol. The van der Waals surface area contributed by atoms with Crippen LogP contribution in [0.5, 0.6) is 5.75 Å². The Labute approximate surface area is 206 Å². The van der Waals surface area contributed by atoms with Gasteiger partial charge < -0.3 is 10.1 Å². The zero-order valence-corrected chi connectivity index (χ0v) is 21.3. The minimum atomic E-state index is -4.53. The quantitative estimate of drug-likeness (QED) is 0.377. The molecule has 1 amide bonds. The fourth-order valence-electron chi connectivity index (χ4n) is 3.23. The highest BCUT2D eigenvalue weighted by molar-refractivity contribution is 6.31. The van der Waals surface area contributed by atoms with E-state index in [1.54, 1.807) is 13.0 Å². The first kappa shape index (κ1) is 29.8. The molecule has 34 heavy (non-hydrogen) atoms. The number of alkyl halides is 3. The fourth-order valence-corrected chi connectivity index (χ4v) is 3.47. The molecule has 0 bridgehead atoms. The standard InChI is InChI=1S/C22H26ClF3N2O2.C4H10/c1-4-18(9-8-15(2)22(24,25)26)27-21(29)19-13-17(23)12-16(20(19)30-3)14-28-10-6-5-7-11-28;1-3-4-2/h4,8-9,12-13H,2,5-7,10-11,14H2,1,3H3,(H,27,29);3-4H2,1-2H3/b9-8-,18-4+;. The molecule has 1 N–H and O–H groups in total. The Morgan fingerprint density at radius 3 is 2.29 bits per heavy atom. The van der Waals surface area contributed by atoms with Gasteiger partial charge in [0.2, 0.25) is 0 Å². The maximum absolute atomic E-state index is 12.8. The average Bonchev–Trinajstić information content (AvgIpc) is 2.81. The van der Waals surface area contributed by atoms with Gasteiger partial charge >= 0.3 is 6.18 Å². The smallest absolute Gasteiger partial charge is 0.415 e. The first-order valence-corrected chi connectivity index (χ1v) is 12.0. The molecule has 0 atom stereocenters. The molecule has 8 heteroatoms. The van der Waals surface area contributed by atoms with Gasteiger partial charge in [-0.2, -0.15) is 13.2 Å². The molecule has 1 aliphatic rings. The number of benzene rings is 1. The molecule has 1 saturated heterocycles. The van der Waals surface area contributed by atoms with Crippen molar-refractivity contribution in [3.8, 4) is 5.75 Å². The van der Waals surface area contributed by atoms with Crippen LogP contribution in [0.15, 0.2) is 48.2 Å². The summed E-state index contributed by atoms with van der Waals surface area (Å²) in [6.45, 7) is 11.5. The maximum atomic E-state index is 12.8. The van der Waals surface area contributed by atoms with Crippen molar-refractivity contribution in [1.82, 2.24) is 10.2 Å². The Balaban J connectivity index is 0.00000133. The number of unbranched alkanes of at least 4 members (excludes halogenated alkanes) is 1. The number of rotatable bonds is 8. The van der Waals surface area contributed by atoms with E-state index in [1.165, 1.54) is 38.5 Å². The van der Waals surface area contributed by atoms with Crippen molar-refractivity contribution in [2.75, 3.05) is 20.2 Å². The van der Waals surface area contributed by atoms with Crippen LogP contribution in [0, 0.1) is 0 Å². The number of methoxy groups -OCH3 is 1. The van der Waals surface area contributed by atoms with Crippen LogP contribution >= 0.6 is 11.6 Å². The minimum Gasteiger partial charge on any atom is -0.496 e. The van der Waals surface area contributed by atoms with E-state index in [0.717, 1.165) is 43.6 Å². The van der Waals surface area contributed by atoms with Crippen LogP contribution in [0.1, 0.15) is 68.8 Å². The molecular weight excluding hydrogens is 465 g/mol. The first-order chi connectivity index (χ1) is 16.1. The summed E-state index contributed by atoms with van der Waals surface area (Å²) >= 11 is 6.24. The Morgan fingerprint density at radius 1 is 1.18 bits per heavy atom. The second-order valence-electron chi connectivity index (χ2n) is 8.04. The number of amides is 1. The number of halogens is 4. The molecule has 0 unspecified atom stereocenters. The van der Waals surface area contributed by atoms with Crippen molar-refractivity contribution < 1.29 is 22.7 Å². The molecule has 2 rings (SSSR count). The number of nitrogens with zero attached hydrogens (tertiary/aromatic N) is 1. The lowest BCUT2D eigenvalue weighted by molar-refractivity contribution is -0.0878. The highest BCUT2D eigenvalue weighted by Gasteiger charge is 2.29. The number of likely N-dealkylation sites (tertiary alicyclic amines) is 1. The number of hydrogen-bond acceptors (Lipinski definition) is 3. The second kappa shape index (κ2) is 14.9.